The Balaban J connectivity index is 2.23. The zero-order valence-corrected chi connectivity index (χ0v) is 16.9. The van der Waals surface area contributed by atoms with Gasteiger partial charge in [-0.3, -0.25) is 0 Å². The Morgan fingerprint density at radius 2 is 1.78 bits per heavy atom. The highest BCUT2D eigenvalue weighted by Crippen LogP contribution is 2.34. The van der Waals surface area contributed by atoms with E-state index < -0.39 is 35.6 Å². The zero-order valence-electron chi connectivity index (χ0n) is 14.4. The molecular weight excluding hydrogens is 413 g/mol. The monoisotopic (exact) mass is 429 g/mol. The molecule has 0 saturated heterocycles. The average Bonchev–Trinajstić information content (AvgIpc) is 3.24. The molecule has 0 unspecified atom stereocenters. The number of aromatic nitrogens is 1. The van der Waals surface area contributed by atoms with Gasteiger partial charge in [-0.2, -0.15) is 4.98 Å². The fourth-order valence-electron chi connectivity index (χ4n) is 2.40. The van der Waals surface area contributed by atoms with E-state index in [4.69, 9.17) is 4.42 Å². The van der Waals surface area contributed by atoms with Crippen LogP contribution >= 0.6 is 11.3 Å². The van der Waals surface area contributed by atoms with Gasteiger partial charge in [0, 0.05) is 0 Å². The second kappa shape index (κ2) is 7.17. The second-order valence-electron chi connectivity index (χ2n) is 6.22. The van der Waals surface area contributed by atoms with Crippen LogP contribution < -0.4 is 0 Å². The highest BCUT2D eigenvalue weighted by molar-refractivity contribution is 7.94. The molecule has 0 aliphatic carbocycles. The number of nitrogens with zero attached hydrogens (tertiary/aromatic N) is 1. The van der Waals surface area contributed by atoms with E-state index in [0.29, 0.717) is 4.88 Å². The highest BCUT2D eigenvalue weighted by Gasteiger charge is 2.35. The van der Waals surface area contributed by atoms with Crippen LogP contribution in [0.5, 0.6) is 0 Å². The van der Waals surface area contributed by atoms with Crippen molar-refractivity contribution in [3.63, 3.8) is 0 Å². The van der Waals surface area contributed by atoms with Crippen molar-refractivity contribution in [2.45, 2.75) is 28.9 Å². The number of benzene rings is 1. The number of thiophene rings is 1. The molecule has 144 valence electrons. The molecule has 3 rings (SSSR count). The second-order valence-corrected chi connectivity index (χ2v) is 11.0. The first-order chi connectivity index (χ1) is 12.6. The first-order valence-electron chi connectivity index (χ1n) is 7.89. The molecule has 6 nitrogen and oxygen atoms in total. The molecule has 0 atom stereocenters. The summed E-state index contributed by atoms with van der Waals surface area (Å²) in [6.07, 6.45) is 0. The lowest BCUT2D eigenvalue weighted by Crippen LogP contribution is -2.15. The van der Waals surface area contributed by atoms with Gasteiger partial charge in [0.1, 0.15) is 5.82 Å². The van der Waals surface area contributed by atoms with Crippen LogP contribution in [0, 0.1) is 11.7 Å². The van der Waals surface area contributed by atoms with Gasteiger partial charge in [0.25, 0.3) is 5.09 Å². The summed E-state index contributed by atoms with van der Waals surface area (Å²) in [5.74, 6) is -1.24. The Hall–Kier alpha value is -2.04. The molecule has 0 N–H and O–H groups in total. The van der Waals surface area contributed by atoms with Crippen LogP contribution in [0.25, 0.3) is 10.8 Å². The molecule has 0 saturated carbocycles. The van der Waals surface area contributed by atoms with E-state index in [1.165, 1.54) is 11.3 Å². The summed E-state index contributed by atoms with van der Waals surface area (Å²) >= 11 is 1.24. The number of halogens is 1. The van der Waals surface area contributed by atoms with Gasteiger partial charge in [0.15, 0.2) is 0 Å². The number of hydrogen-bond acceptors (Lipinski definition) is 7. The molecule has 2 aromatic heterocycles. The summed E-state index contributed by atoms with van der Waals surface area (Å²) in [7, 11) is -8.36. The van der Waals surface area contributed by atoms with Crippen molar-refractivity contribution in [2.24, 2.45) is 5.92 Å². The van der Waals surface area contributed by atoms with E-state index in [0.717, 1.165) is 24.3 Å². The first kappa shape index (κ1) is 19.7. The van der Waals surface area contributed by atoms with Crippen LogP contribution in [-0.4, -0.2) is 27.6 Å². The highest BCUT2D eigenvalue weighted by atomic mass is 32.2. The van der Waals surface area contributed by atoms with E-state index >= 15 is 0 Å². The van der Waals surface area contributed by atoms with Gasteiger partial charge in [-0.1, -0.05) is 19.9 Å². The van der Waals surface area contributed by atoms with Crippen molar-refractivity contribution < 1.29 is 25.6 Å². The topological polar surface area (TPSA) is 94.3 Å². The van der Waals surface area contributed by atoms with Crippen LogP contribution in [-0.2, 0) is 19.7 Å². The zero-order chi connectivity index (χ0) is 19.8. The van der Waals surface area contributed by atoms with Crippen molar-refractivity contribution >= 4 is 31.0 Å². The maximum absolute atomic E-state index is 13.2. The molecule has 0 radical (unpaired) electrons. The summed E-state index contributed by atoms with van der Waals surface area (Å²) in [6, 6.07) is 7.43. The third kappa shape index (κ3) is 3.97. The summed E-state index contributed by atoms with van der Waals surface area (Å²) in [5, 5.41) is 0.359. The van der Waals surface area contributed by atoms with Crippen molar-refractivity contribution in [3.8, 4) is 10.8 Å². The average molecular weight is 430 g/mol. The number of hydrogen-bond donors (Lipinski definition) is 0. The lowest BCUT2D eigenvalue weighted by Gasteiger charge is -2.06. The van der Waals surface area contributed by atoms with Crippen molar-refractivity contribution in [1.29, 1.82) is 0 Å². The normalized spacial score (nSPS) is 12.6. The van der Waals surface area contributed by atoms with Gasteiger partial charge < -0.3 is 4.42 Å². The van der Waals surface area contributed by atoms with E-state index in [9.17, 15) is 21.2 Å². The third-order valence-electron chi connectivity index (χ3n) is 3.51. The SMILES string of the molecule is CC(C)CS(=O)(=O)c1oc(-c2cccs2)nc1S(=O)(=O)c1ccc(F)cc1. The molecule has 0 fully saturated rings. The van der Waals surface area contributed by atoms with Crippen LogP contribution in [0.3, 0.4) is 0 Å². The summed E-state index contributed by atoms with van der Waals surface area (Å²) in [5.41, 5.74) is 0. The van der Waals surface area contributed by atoms with Gasteiger partial charge in [-0.25, -0.2) is 21.2 Å². The van der Waals surface area contributed by atoms with Gasteiger partial charge in [-0.15, -0.1) is 11.3 Å². The summed E-state index contributed by atoms with van der Waals surface area (Å²) < 4.78 is 70.0. The Kier molecular flexibility index (Phi) is 5.24. The van der Waals surface area contributed by atoms with Crippen LogP contribution in [0.2, 0.25) is 0 Å². The van der Waals surface area contributed by atoms with E-state index in [-0.39, 0.29) is 22.5 Å². The van der Waals surface area contributed by atoms with E-state index in [1.807, 2.05) is 0 Å². The third-order valence-corrected chi connectivity index (χ3v) is 8.13. The van der Waals surface area contributed by atoms with Crippen molar-refractivity contribution in [2.75, 3.05) is 5.75 Å². The molecule has 1 aromatic carbocycles. The van der Waals surface area contributed by atoms with Crippen LogP contribution in [0.15, 0.2) is 61.2 Å². The lowest BCUT2D eigenvalue weighted by molar-refractivity contribution is 0.443. The minimum Gasteiger partial charge on any atom is -0.422 e. The molecule has 3 aromatic rings. The standard InChI is InChI=1S/C17H16FNO5S3/c1-11(2)10-26(20,21)17-16(19-15(24-17)14-4-3-9-25-14)27(22,23)13-7-5-12(18)6-8-13/h3-9,11H,10H2,1-2H3. The maximum atomic E-state index is 13.2. The Bertz CT molecular complexity index is 1150. The quantitative estimate of drug-likeness (QED) is 0.553. The molecule has 0 bridgehead atoms. The van der Waals surface area contributed by atoms with Gasteiger partial charge in [0.05, 0.1) is 15.5 Å². The molecular formula is C17H16FNO5S3. The molecule has 0 aliphatic rings. The Morgan fingerprint density at radius 3 is 2.33 bits per heavy atom. The van der Waals surface area contributed by atoms with Crippen LogP contribution in [0.1, 0.15) is 13.8 Å². The minimum absolute atomic E-state index is 0.0898. The molecule has 27 heavy (non-hydrogen) atoms. The molecule has 2 heterocycles. The summed E-state index contributed by atoms with van der Waals surface area (Å²) in [6.45, 7) is 3.39. The Morgan fingerprint density at radius 1 is 1.11 bits per heavy atom. The molecule has 0 amide bonds. The van der Waals surface area contributed by atoms with Gasteiger partial charge in [0.2, 0.25) is 30.6 Å². The van der Waals surface area contributed by atoms with Gasteiger partial charge in [-0.05, 0) is 41.6 Å². The number of oxazole rings is 1. The Labute approximate surface area is 160 Å². The smallest absolute Gasteiger partial charge is 0.258 e. The minimum atomic E-state index is -4.32. The van der Waals surface area contributed by atoms with E-state index in [2.05, 4.69) is 4.98 Å². The lowest BCUT2D eigenvalue weighted by atomic mass is 10.3. The molecule has 0 aliphatic heterocycles. The van der Waals surface area contributed by atoms with Crippen molar-refractivity contribution in [3.05, 3.63) is 47.6 Å². The van der Waals surface area contributed by atoms with Crippen LogP contribution in [0.4, 0.5) is 4.39 Å². The molecule has 10 heteroatoms. The molecule has 0 spiro atoms. The van der Waals surface area contributed by atoms with Crippen molar-refractivity contribution in [1.82, 2.24) is 4.98 Å². The predicted octanol–water partition coefficient (Wildman–Crippen LogP) is 3.80. The van der Waals surface area contributed by atoms with E-state index in [1.54, 1.807) is 31.4 Å². The number of rotatable bonds is 6. The fraction of sp³-hybridized carbons (Fsp3) is 0.235. The maximum Gasteiger partial charge on any atom is 0.258 e. The predicted molar refractivity (Wildman–Crippen MR) is 98.6 cm³/mol. The van der Waals surface area contributed by atoms with Gasteiger partial charge >= 0.3 is 0 Å². The number of sulfone groups is 2. The fourth-order valence-corrected chi connectivity index (χ4v) is 6.49. The first-order valence-corrected chi connectivity index (χ1v) is 11.9. The largest absolute Gasteiger partial charge is 0.422 e. The summed E-state index contributed by atoms with van der Waals surface area (Å²) in [4.78, 5) is 4.21.